The van der Waals surface area contributed by atoms with Crippen molar-refractivity contribution in [1.82, 2.24) is 5.43 Å². The Morgan fingerprint density at radius 1 is 1.12 bits per heavy atom. The molecule has 0 unspecified atom stereocenters. The van der Waals surface area contributed by atoms with Gasteiger partial charge < -0.3 is 5.11 Å². The molecule has 0 atom stereocenters. The van der Waals surface area contributed by atoms with Crippen molar-refractivity contribution in [2.75, 3.05) is 0 Å². The zero-order valence-electron chi connectivity index (χ0n) is 13.3. The average molecular weight is 357 g/mol. The quantitative estimate of drug-likeness (QED) is 0.536. The highest BCUT2D eigenvalue weighted by Crippen LogP contribution is 2.25. The van der Waals surface area contributed by atoms with Crippen LogP contribution in [0.15, 0.2) is 59.7 Å². The molecule has 0 aliphatic carbocycles. The average Bonchev–Trinajstić information content (AvgIpc) is 2.61. The maximum Gasteiger partial charge on any atom is 0.275 e. The number of aromatic hydroxyl groups is 1. The van der Waals surface area contributed by atoms with Crippen LogP contribution >= 0.6 is 11.6 Å². The number of hydrazone groups is 1. The summed E-state index contributed by atoms with van der Waals surface area (Å²) in [7, 11) is 0. The fraction of sp³-hybridized carbons (Fsp3) is 0.0526. The highest BCUT2D eigenvalue weighted by atomic mass is 35.5. The van der Waals surface area contributed by atoms with Gasteiger partial charge in [-0.1, -0.05) is 41.9 Å². The van der Waals surface area contributed by atoms with Gasteiger partial charge in [-0.25, -0.2) is 9.82 Å². The van der Waals surface area contributed by atoms with Gasteiger partial charge in [-0.05, 0) is 47.5 Å². The second-order valence-corrected chi connectivity index (χ2v) is 5.89. The predicted octanol–water partition coefficient (Wildman–Crippen LogP) is 4.49. The Morgan fingerprint density at radius 2 is 1.80 bits per heavy atom. The van der Waals surface area contributed by atoms with Crippen molar-refractivity contribution in [3.8, 4) is 5.75 Å². The minimum atomic E-state index is -0.546. The molecule has 2 N–H and O–H groups in total. The van der Waals surface area contributed by atoms with Gasteiger partial charge in [0, 0.05) is 0 Å². The third-order valence-electron chi connectivity index (χ3n) is 3.77. The summed E-state index contributed by atoms with van der Waals surface area (Å²) in [5.74, 6) is -1.20. The van der Waals surface area contributed by atoms with Crippen LogP contribution in [-0.4, -0.2) is 16.7 Å². The van der Waals surface area contributed by atoms with Gasteiger partial charge in [0.2, 0.25) is 0 Å². The second-order valence-electron chi connectivity index (χ2n) is 5.48. The number of nitrogens with one attached hydrogen (secondary N) is 1. The summed E-state index contributed by atoms with van der Waals surface area (Å²) in [5.41, 5.74) is 3.54. The van der Waals surface area contributed by atoms with E-state index in [1.165, 1.54) is 24.3 Å². The lowest BCUT2D eigenvalue weighted by Crippen LogP contribution is -2.19. The maximum absolute atomic E-state index is 13.2. The molecule has 0 aliphatic rings. The van der Waals surface area contributed by atoms with Gasteiger partial charge in [-0.15, -0.1) is 0 Å². The van der Waals surface area contributed by atoms with E-state index in [4.69, 9.17) is 11.6 Å². The first kappa shape index (κ1) is 16.9. The van der Waals surface area contributed by atoms with Crippen LogP contribution in [-0.2, 0) is 0 Å². The zero-order valence-corrected chi connectivity index (χ0v) is 14.0. The van der Waals surface area contributed by atoms with Gasteiger partial charge in [-0.2, -0.15) is 5.10 Å². The Balaban J connectivity index is 1.84. The number of fused-ring (bicyclic) bond motifs is 1. The molecule has 126 valence electrons. The predicted molar refractivity (Wildman–Crippen MR) is 96.7 cm³/mol. The molecule has 4 nitrogen and oxygen atoms in total. The van der Waals surface area contributed by atoms with Crippen LogP contribution < -0.4 is 5.43 Å². The third-order valence-corrected chi connectivity index (χ3v) is 4.06. The minimum absolute atomic E-state index is 0.0226. The number of rotatable bonds is 3. The lowest BCUT2D eigenvalue weighted by Gasteiger charge is -2.07. The molecule has 0 spiro atoms. The van der Waals surface area contributed by atoms with Crippen LogP contribution in [0.25, 0.3) is 10.8 Å². The van der Waals surface area contributed by atoms with Crippen LogP contribution in [0.5, 0.6) is 5.75 Å². The highest BCUT2D eigenvalue weighted by Gasteiger charge is 2.12. The van der Waals surface area contributed by atoms with Crippen LogP contribution in [0, 0.1) is 5.82 Å². The van der Waals surface area contributed by atoms with Gasteiger partial charge in [-0.3, -0.25) is 4.79 Å². The number of phenols is 1. The Hall–Kier alpha value is -2.92. The molecule has 3 aromatic carbocycles. The number of carbonyl (C=O) groups excluding carboxylic acids is 1. The van der Waals surface area contributed by atoms with Crippen LogP contribution in [0.4, 0.5) is 4.39 Å². The summed E-state index contributed by atoms with van der Waals surface area (Å²) in [6, 6.07) is 14.7. The molecule has 0 aromatic heterocycles. The van der Waals surface area contributed by atoms with E-state index in [-0.39, 0.29) is 16.3 Å². The number of hydrogen-bond donors (Lipinski definition) is 2. The van der Waals surface area contributed by atoms with Crippen molar-refractivity contribution in [2.24, 2.45) is 5.10 Å². The van der Waals surface area contributed by atoms with Gasteiger partial charge in [0.15, 0.2) is 0 Å². The van der Waals surface area contributed by atoms with E-state index in [9.17, 15) is 14.3 Å². The van der Waals surface area contributed by atoms with Gasteiger partial charge in [0.1, 0.15) is 11.6 Å². The van der Waals surface area contributed by atoms with Gasteiger partial charge >= 0.3 is 0 Å². The van der Waals surface area contributed by atoms with E-state index in [1.54, 1.807) is 13.0 Å². The van der Waals surface area contributed by atoms with Crippen molar-refractivity contribution in [3.05, 3.63) is 76.6 Å². The van der Waals surface area contributed by atoms with Crippen molar-refractivity contribution in [1.29, 1.82) is 0 Å². The summed E-state index contributed by atoms with van der Waals surface area (Å²) in [5, 5.41) is 15.7. The number of phenolic OH excluding ortho intramolecular Hbond substituents is 1. The second kappa shape index (κ2) is 6.91. The minimum Gasteiger partial charge on any atom is -0.507 e. The fourth-order valence-electron chi connectivity index (χ4n) is 2.39. The summed E-state index contributed by atoms with van der Waals surface area (Å²) < 4.78 is 13.2. The van der Waals surface area contributed by atoms with E-state index >= 15 is 0 Å². The summed E-state index contributed by atoms with van der Waals surface area (Å²) >= 11 is 5.74. The first-order valence-corrected chi connectivity index (χ1v) is 7.85. The third kappa shape index (κ3) is 3.61. The number of amides is 1. The molecule has 0 saturated carbocycles. The molecule has 0 aliphatic heterocycles. The lowest BCUT2D eigenvalue weighted by atomic mass is 10.1. The standard InChI is InChI=1S/C19H14ClFN2O2/c1-11(12-6-7-17(21)16(20)9-12)22-23-19(25)15-8-13-4-2-3-5-14(13)10-18(15)24/h2-10,24H,1H3,(H,23,25)/b22-11+. The SMILES string of the molecule is C/C(=N\NC(=O)c1cc2ccccc2cc1O)c1ccc(F)c(Cl)c1. The molecular weight excluding hydrogens is 343 g/mol. The molecule has 0 bridgehead atoms. The molecule has 0 heterocycles. The van der Waals surface area contributed by atoms with E-state index in [0.717, 1.165) is 10.8 Å². The molecule has 1 amide bonds. The van der Waals surface area contributed by atoms with Crippen molar-refractivity contribution < 1.29 is 14.3 Å². The molecule has 3 rings (SSSR count). The number of hydrogen-bond acceptors (Lipinski definition) is 3. The summed E-state index contributed by atoms with van der Waals surface area (Å²) in [4.78, 5) is 12.3. The van der Waals surface area contributed by atoms with E-state index in [1.807, 2.05) is 24.3 Å². The number of carbonyl (C=O) groups is 1. The first-order chi connectivity index (χ1) is 12.0. The molecule has 25 heavy (non-hydrogen) atoms. The zero-order chi connectivity index (χ0) is 18.0. The normalized spacial score (nSPS) is 11.6. The van der Waals surface area contributed by atoms with Crippen LogP contribution in [0.3, 0.4) is 0 Å². The summed E-state index contributed by atoms with van der Waals surface area (Å²) in [6.45, 7) is 1.66. The molecular formula is C19H14ClFN2O2. The van der Waals surface area contributed by atoms with E-state index < -0.39 is 11.7 Å². The Bertz CT molecular complexity index is 1000. The van der Waals surface area contributed by atoms with Gasteiger partial charge in [0.05, 0.1) is 16.3 Å². The Labute approximate surface area is 148 Å². The fourth-order valence-corrected chi connectivity index (χ4v) is 2.57. The Kier molecular flexibility index (Phi) is 4.67. The molecule has 3 aromatic rings. The number of nitrogens with zero attached hydrogens (tertiary/aromatic N) is 1. The van der Waals surface area contributed by atoms with E-state index in [2.05, 4.69) is 10.5 Å². The molecule has 6 heteroatoms. The first-order valence-electron chi connectivity index (χ1n) is 7.47. The maximum atomic E-state index is 13.2. The van der Waals surface area contributed by atoms with Crippen LogP contribution in [0.2, 0.25) is 5.02 Å². The number of benzene rings is 3. The van der Waals surface area contributed by atoms with Crippen molar-refractivity contribution >= 4 is 34.0 Å². The highest BCUT2D eigenvalue weighted by molar-refractivity contribution is 6.31. The van der Waals surface area contributed by atoms with Crippen molar-refractivity contribution in [2.45, 2.75) is 6.92 Å². The molecule has 0 saturated heterocycles. The van der Waals surface area contributed by atoms with E-state index in [0.29, 0.717) is 11.3 Å². The van der Waals surface area contributed by atoms with Gasteiger partial charge in [0.25, 0.3) is 5.91 Å². The lowest BCUT2D eigenvalue weighted by molar-refractivity contribution is 0.0952. The number of halogens is 2. The van der Waals surface area contributed by atoms with Crippen LogP contribution in [0.1, 0.15) is 22.8 Å². The topological polar surface area (TPSA) is 61.7 Å². The smallest absolute Gasteiger partial charge is 0.275 e. The van der Waals surface area contributed by atoms with Crippen molar-refractivity contribution in [3.63, 3.8) is 0 Å². The molecule has 0 radical (unpaired) electrons. The molecule has 0 fully saturated rings. The summed E-state index contributed by atoms with van der Waals surface area (Å²) in [6.07, 6.45) is 0. The monoisotopic (exact) mass is 356 g/mol. The Morgan fingerprint density at radius 3 is 2.48 bits per heavy atom. The largest absolute Gasteiger partial charge is 0.507 e.